The second-order valence-corrected chi connectivity index (χ2v) is 6.20. The Kier molecular flexibility index (Phi) is 4.30. The highest BCUT2D eigenvalue weighted by molar-refractivity contribution is 6.34. The molecule has 1 heterocycles. The first-order valence-corrected chi connectivity index (χ1v) is 7.90. The fourth-order valence-corrected chi connectivity index (χ4v) is 3.08. The van der Waals surface area contributed by atoms with Crippen molar-refractivity contribution in [2.24, 2.45) is 0 Å². The summed E-state index contributed by atoms with van der Waals surface area (Å²) in [6.07, 6.45) is 0. The van der Waals surface area contributed by atoms with Gasteiger partial charge in [-0.15, -0.1) is 0 Å². The average Bonchev–Trinajstić information content (AvgIpc) is 2.84. The number of nitro benzene ring substituents is 1. The number of non-ortho nitro benzene ring substituents is 1. The molecule has 0 radical (unpaired) electrons. The topological polar surface area (TPSA) is 61.0 Å². The van der Waals surface area contributed by atoms with Gasteiger partial charge in [0, 0.05) is 28.4 Å². The SMILES string of the molecule is Cc1nn(-c2cc(Cl)ccc2Cl)c(C)c1-c1cccc([N+](=O)[O-])c1. The molecule has 0 saturated carbocycles. The van der Waals surface area contributed by atoms with Gasteiger partial charge in [0.25, 0.3) is 5.69 Å². The molecule has 3 aromatic rings. The van der Waals surface area contributed by atoms with Crippen molar-refractivity contribution in [3.05, 3.63) is 74.0 Å². The monoisotopic (exact) mass is 361 g/mol. The number of halogens is 2. The molecule has 1 aromatic heterocycles. The predicted molar refractivity (Wildman–Crippen MR) is 95.1 cm³/mol. The highest BCUT2D eigenvalue weighted by Gasteiger charge is 2.18. The van der Waals surface area contributed by atoms with Gasteiger partial charge in [-0.05, 0) is 37.6 Å². The van der Waals surface area contributed by atoms with Crippen LogP contribution in [0, 0.1) is 24.0 Å². The van der Waals surface area contributed by atoms with Crippen LogP contribution in [0.2, 0.25) is 10.0 Å². The quantitative estimate of drug-likeness (QED) is 0.465. The first-order chi connectivity index (χ1) is 11.4. The standard InChI is InChI=1S/C17H13Cl2N3O2/c1-10-17(12-4-3-5-14(8-12)22(23)24)11(2)21(20-10)16-9-13(18)6-7-15(16)19/h3-9H,1-2H3. The number of nitrogens with zero attached hydrogens (tertiary/aromatic N) is 3. The van der Waals surface area contributed by atoms with Crippen LogP contribution >= 0.6 is 23.2 Å². The molecule has 0 aliphatic heterocycles. The Labute approximate surface area is 148 Å². The molecule has 3 rings (SSSR count). The number of nitro groups is 1. The van der Waals surface area contributed by atoms with Crippen molar-refractivity contribution in [2.75, 3.05) is 0 Å². The molecule has 0 aliphatic carbocycles. The summed E-state index contributed by atoms with van der Waals surface area (Å²) in [6, 6.07) is 11.7. The number of benzene rings is 2. The van der Waals surface area contributed by atoms with Crippen molar-refractivity contribution < 1.29 is 4.92 Å². The zero-order chi connectivity index (χ0) is 17.4. The molecule has 5 nitrogen and oxygen atoms in total. The van der Waals surface area contributed by atoms with Crippen LogP contribution in [-0.4, -0.2) is 14.7 Å². The van der Waals surface area contributed by atoms with Crippen LogP contribution in [0.4, 0.5) is 5.69 Å². The van der Waals surface area contributed by atoms with Crippen LogP contribution in [-0.2, 0) is 0 Å². The van der Waals surface area contributed by atoms with Crippen molar-refractivity contribution in [1.82, 2.24) is 9.78 Å². The molecule has 0 spiro atoms. The van der Waals surface area contributed by atoms with Crippen LogP contribution in [0.25, 0.3) is 16.8 Å². The van der Waals surface area contributed by atoms with Crippen LogP contribution in [0.15, 0.2) is 42.5 Å². The lowest BCUT2D eigenvalue weighted by atomic mass is 10.0. The third-order valence-electron chi connectivity index (χ3n) is 3.77. The summed E-state index contributed by atoms with van der Waals surface area (Å²) in [5.41, 5.74) is 3.88. The van der Waals surface area contributed by atoms with E-state index >= 15 is 0 Å². The minimum absolute atomic E-state index is 0.0415. The minimum Gasteiger partial charge on any atom is -0.258 e. The van der Waals surface area contributed by atoms with E-state index in [0.717, 1.165) is 22.5 Å². The van der Waals surface area contributed by atoms with Crippen molar-refractivity contribution in [3.8, 4) is 16.8 Å². The van der Waals surface area contributed by atoms with E-state index in [1.54, 1.807) is 35.0 Å². The third-order valence-corrected chi connectivity index (χ3v) is 4.33. The Balaban J connectivity index is 2.19. The number of rotatable bonds is 3. The summed E-state index contributed by atoms with van der Waals surface area (Å²) >= 11 is 12.3. The van der Waals surface area contributed by atoms with Gasteiger partial charge in [0.15, 0.2) is 0 Å². The minimum atomic E-state index is -0.410. The number of hydrogen-bond donors (Lipinski definition) is 0. The lowest BCUT2D eigenvalue weighted by molar-refractivity contribution is -0.384. The maximum atomic E-state index is 11.0. The van der Waals surface area contributed by atoms with E-state index in [1.807, 2.05) is 19.9 Å². The summed E-state index contributed by atoms with van der Waals surface area (Å²) in [4.78, 5) is 10.6. The molecule has 0 amide bonds. The molecule has 122 valence electrons. The normalized spacial score (nSPS) is 10.8. The second-order valence-electron chi connectivity index (χ2n) is 5.36. The second kappa shape index (κ2) is 6.26. The fourth-order valence-electron chi connectivity index (χ4n) is 2.72. The number of aryl methyl sites for hydroxylation is 1. The van der Waals surface area contributed by atoms with Gasteiger partial charge < -0.3 is 0 Å². The van der Waals surface area contributed by atoms with Crippen molar-refractivity contribution >= 4 is 28.9 Å². The van der Waals surface area contributed by atoms with E-state index in [-0.39, 0.29) is 5.69 Å². The van der Waals surface area contributed by atoms with E-state index < -0.39 is 4.92 Å². The Hall–Kier alpha value is -2.37. The summed E-state index contributed by atoms with van der Waals surface area (Å²) < 4.78 is 1.71. The highest BCUT2D eigenvalue weighted by Crippen LogP contribution is 2.33. The number of aromatic nitrogens is 2. The summed E-state index contributed by atoms with van der Waals surface area (Å²) in [5, 5.41) is 16.6. The fraction of sp³-hybridized carbons (Fsp3) is 0.118. The van der Waals surface area contributed by atoms with Crippen LogP contribution in [0.3, 0.4) is 0 Å². The smallest absolute Gasteiger partial charge is 0.258 e. The van der Waals surface area contributed by atoms with E-state index in [2.05, 4.69) is 5.10 Å². The predicted octanol–water partition coefficient (Wildman–Crippen LogP) is 5.37. The Morgan fingerprint density at radius 2 is 1.88 bits per heavy atom. The van der Waals surface area contributed by atoms with Crippen molar-refractivity contribution in [1.29, 1.82) is 0 Å². The molecule has 0 atom stereocenters. The third kappa shape index (κ3) is 2.88. The van der Waals surface area contributed by atoms with Gasteiger partial charge >= 0.3 is 0 Å². The van der Waals surface area contributed by atoms with Gasteiger partial charge in [-0.25, -0.2) is 4.68 Å². The molecule has 0 aliphatic rings. The zero-order valence-electron chi connectivity index (χ0n) is 13.0. The Morgan fingerprint density at radius 1 is 1.12 bits per heavy atom. The Bertz CT molecular complexity index is 951. The molecule has 7 heteroatoms. The molecule has 0 unspecified atom stereocenters. The largest absolute Gasteiger partial charge is 0.270 e. The highest BCUT2D eigenvalue weighted by atomic mass is 35.5. The van der Waals surface area contributed by atoms with Crippen molar-refractivity contribution in [3.63, 3.8) is 0 Å². The van der Waals surface area contributed by atoms with Crippen LogP contribution < -0.4 is 0 Å². The van der Waals surface area contributed by atoms with Crippen LogP contribution in [0.1, 0.15) is 11.4 Å². The first-order valence-electron chi connectivity index (χ1n) is 7.15. The molecular weight excluding hydrogens is 349 g/mol. The molecule has 2 aromatic carbocycles. The molecule has 24 heavy (non-hydrogen) atoms. The molecule has 0 fully saturated rings. The summed E-state index contributed by atoms with van der Waals surface area (Å²) in [5.74, 6) is 0. The molecular formula is C17H13Cl2N3O2. The van der Waals surface area contributed by atoms with E-state index in [0.29, 0.717) is 15.7 Å². The van der Waals surface area contributed by atoms with Crippen LogP contribution in [0.5, 0.6) is 0 Å². The average molecular weight is 362 g/mol. The van der Waals surface area contributed by atoms with Gasteiger partial charge in [0.05, 0.1) is 21.3 Å². The number of hydrogen-bond acceptors (Lipinski definition) is 3. The van der Waals surface area contributed by atoms with E-state index in [4.69, 9.17) is 23.2 Å². The van der Waals surface area contributed by atoms with Gasteiger partial charge in [-0.2, -0.15) is 5.10 Å². The lowest BCUT2D eigenvalue weighted by Crippen LogP contribution is -2.00. The zero-order valence-corrected chi connectivity index (χ0v) is 14.5. The van der Waals surface area contributed by atoms with E-state index in [9.17, 15) is 10.1 Å². The first kappa shape index (κ1) is 16.5. The van der Waals surface area contributed by atoms with Gasteiger partial charge in [0.1, 0.15) is 0 Å². The Morgan fingerprint density at radius 3 is 2.58 bits per heavy atom. The maximum absolute atomic E-state index is 11.0. The van der Waals surface area contributed by atoms with Gasteiger partial charge in [0.2, 0.25) is 0 Å². The van der Waals surface area contributed by atoms with Gasteiger partial charge in [-0.1, -0.05) is 35.3 Å². The summed E-state index contributed by atoms with van der Waals surface area (Å²) in [7, 11) is 0. The van der Waals surface area contributed by atoms with Gasteiger partial charge in [-0.3, -0.25) is 10.1 Å². The lowest BCUT2D eigenvalue weighted by Gasteiger charge is -2.08. The molecule has 0 bridgehead atoms. The molecule has 0 saturated heterocycles. The molecule has 0 N–H and O–H groups in total. The summed E-state index contributed by atoms with van der Waals surface area (Å²) in [6.45, 7) is 3.75. The van der Waals surface area contributed by atoms with Crippen molar-refractivity contribution in [2.45, 2.75) is 13.8 Å². The van der Waals surface area contributed by atoms with E-state index in [1.165, 1.54) is 6.07 Å². The maximum Gasteiger partial charge on any atom is 0.270 e.